The molecule has 1 aliphatic heterocycles. The van der Waals surface area contributed by atoms with Gasteiger partial charge in [-0.25, -0.2) is 4.79 Å². The first kappa shape index (κ1) is 19.8. The third-order valence-electron chi connectivity index (χ3n) is 3.60. The molecular formula is C19H26BrNO4. The van der Waals surface area contributed by atoms with Gasteiger partial charge < -0.3 is 9.47 Å². The minimum atomic E-state index is -0.575. The van der Waals surface area contributed by atoms with Gasteiger partial charge in [-0.2, -0.15) is 0 Å². The van der Waals surface area contributed by atoms with Crippen LogP contribution < -0.4 is 4.90 Å². The molecule has 0 N–H and O–H groups in total. The highest BCUT2D eigenvalue weighted by Crippen LogP contribution is 2.39. The number of hydrogen-bond acceptors (Lipinski definition) is 4. The van der Waals surface area contributed by atoms with Gasteiger partial charge in [0.2, 0.25) is 0 Å². The van der Waals surface area contributed by atoms with Crippen LogP contribution in [0.5, 0.6) is 0 Å². The summed E-state index contributed by atoms with van der Waals surface area (Å²) in [6.07, 6.45) is 0.0937. The minimum Gasteiger partial charge on any atom is -0.459 e. The molecule has 0 saturated carbocycles. The Kier molecular flexibility index (Phi) is 5.52. The minimum absolute atomic E-state index is 0.268. The van der Waals surface area contributed by atoms with E-state index in [1.54, 1.807) is 4.90 Å². The largest absolute Gasteiger partial charge is 0.459 e. The molecule has 0 bridgehead atoms. The molecule has 1 amide bonds. The molecule has 25 heavy (non-hydrogen) atoms. The second-order valence-corrected chi connectivity index (χ2v) is 9.13. The van der Waals surface area contributed by atoms with E-state index in [0.717, 1.165) is 10.0 Å². The van der Waals surface area contributed by atoms with E-state index in [-0.39, 0.29) is 5.97 Å². The number of fused-ring (bicyclic) bond motifs is 1. The second kappa shape index (κ2) is 6.98. The summed E-state index contributed by atoms with van der Waals surface area (Å²) in [5.41, 5.74) is 0.348. The van der Waals surface area contributed by atoms with Crippen molar-refractivity contribution in [1.29, 1.82) is 0 Å². The number of amides is 1. The number of rotatable bonds is 1. The standard InChI is InChI=1S/C19H26BrNO4/c1-18(2,3)24-16(22)13-9-10-21(17(23)25-19(4,5)6)15-8-7-12(20)11-14(13)15/h7-8,11,13H,9-10H2,1-6H3. The van der Waals surface area contributed by atoms with Crippen molar-refractivity contribution in [1.82, 2.24) is 0 Å². The van der Waals surface area contributed by atoms with E-state index in [1.807, 2.05) is 59.7 Å². The fraction of sp³-hybridized carbons (Fsp3) is 0.579. The van der Waals surface area contributed by atoms with Crippen LogP contribution in [-0.4, -0.2) is 29.8 Å². The lowest BCUT2D eigenvalue weighted by Crippen LogP contribution is -2.42. The van der Waals surface area contributed by atoms with E-state index >= 15 is 0 Å². The Morgan fingerprint density at radius 2 is 1.68 bits per heavy atom. The van der Waals surface area contributed by atoms with E-state index in [1.165, 1.54) is 0 Å². The van der Waals surface area contributed by atoms with Crippen LogP contribution >= 0.6 is 15.9 Å². The normalized spacial score (nSPS) is 17.7. The molecule has 0 radical (unpaired) electrons. The summed E-state index contributed by atoms with van der Waals surface area (Å²) in [5.74, 6) is -0.666. The fourth-order valence-electron chi connectivity index (χ4n) is 2.71. The molecule has 0 fully saturated rings. The van der Waals surface area contributed by atoms with Crippen molar-refractivity contribution in [3.05, 3.63) is 28.2 Å². The summed E-state index contributed by atoms with van der Waals surface area (Å²) in [6.45, 7) is 11.5. The molecule has 2 rings (SSSR count). The van der Waals surface area contributed by atoms with E-state index in [9.17, 15) is 9.59 Å². The molecule has 5 nitrogen and oxygen atoms in total. The van der Waals surface area contributed by atoms with Crippen LogP contribution in [0, 0.1) is 0 Å². The van der Waals surface area contributed by atoms with Crippen molar-refractivity contribution in [2.45, 2.75) is 65.1 Å². The quantitative estimate of drug-likeness (QED) is 0.608. The van der Waals surface area contributed by atoms with Gasteiger partial charge in [-0.05, 0) is 71.7 Å². The number of halogens is 1. The van der Waals surface area contributed by atoms with Gasteiger partial charge in [0.15, 0.2) is 0 Å². The van der Waals surface area contributed by atoms with Gasteiger partial charge in [0.05, 0.1) is 11.6 Å². The van der Waals surface area contributed by atoms with Crippen molar-refractivity contribution in [2.75, 3.05) is 11.4 Å². The van der Waals surface area contributed by atoms with E-state index < -0.39 is 23.2 Å². The third-order valence-corrected chi connectivity index (χ3v) is 4.10. The van der Waals surface area contributed by atoms with Crippen LogP contribution in [0.25, 0.3) is 0 Å². The Labute approximate surface area is 157 Å². The first-order valence-electron chi connectivity index (χ1n) is 8.40. The lowest BCUT2D eigenvalue weighted by Gasteiger charge is -2.35. The molecule has 6 heteroatoms. The van der Waals surface area contributed by atoms with Crippen LogP contribution in [0.3, 0.4) is 0 Å². The summed E-state index contributed by atoms with van der Waals surface area (Å²) < 4.78 is 11.9. The molecule has 1 atom stereocenters. The average molecular weight is 412 g/mol. The van der Waals surface area contributed by atoms with Gasteiger partial charge in [0, 0.05) is 11.0 Å². The molecule has 138 valence electrons. The van der Waals surface area contributed by atoms with Crippen LogP contribution in [0.4, 0.5) is 10.5 Å². The topological polar surface area (TPSA) is 55.8 Å². The number of nitrogens with zero attached hydrogens (tertiary/aromatic N) is 1. The molecule has 1 heterocycles. The molecular weight excluding hydrogens is 386 g/mol. The number of carbonyl (C=O) groups excluding carboxylic acids is 2. The molecule has 0 aromatic heterocycles. The first-order valence-corrected chi connectivity index (χ1v) is 9.19. The summed E-state index contributed by atoms with van der Waals surface area (Å²) in [6, 6.07) is 5.56. The number of carbonyl (C=O) groups is 2. The first-order chi connectivity index (χ1) is 11.4. The average Bonchev–Trinajstić information content (AvgIpc) is 2.41. The number of ether oxygens (including phenoxy) is 2. The third kappa shape index (κ3) is 5.21. The SMILES string of the molecule is CC(C)(C)OC(=O)C1CCN(C(=O)OC(C)(C)C)c2ccc(Br)cc21. The highest BCUT2D eigenvalue weighted by molar-refractivity contribution is 9.10. The number of benzene rings is 1. The van der Waals surface area contributed by atoms with Gasteiger partial charge in [-0.15, -0.1) is 0 Å². The Hall–Kier alpha value is -1.56. The van der Waals surface area contributed by atoms with Crippen molar-refractivity contribution in [3.8, 4) is 0 Å². The number of anilines is 1. The Morgan fingerprint density at radius 1 is 1.08 bits per heavy atom. The number of esters is 1. The van der Waals surface area contributed by atoms with Gasteiger partial charge in [-0.3, -0.25) is 9.69 Å². The zero-order valence-corrected chi connectivity index (χ0v) is 17.3. The lowest BCUT2D eigenvalue weighted by atomic mass is 9.90. The maximum absolute atomic E-state index is 12.6. The van der Waals surface area contributed by atoms with Gasteiger partial charge in [-0.1, -0.05) is 15.9 Å². The van der Waals surface area contributed by atoms with Crippen molar-refractivity contribution in [3.63, 3.8) is 0 Å². The van der Waals surface area contributed by atoms with Crippen LogP contribution in [0.15, 0.2) is 22.7 Å². The molecule has 0 spiro atoms. The molecule has 1 aromatic carbocycles. The summed E-state index contributed by atoms with van der Waals surface area (Å²) >= 11 is 3.45. The predicted octanol–water partition coefficient (Wildman–Crippen LogP) is 5.02. The van der Waals surface area contributed by atoms with Gasteiger partial charge in [0.1, 0.15) is 11.2 Å². The van der Waals surface area contributed by atoms with Crippen LogP contribution in [-0.2, 0) is 14.3 Å². The van der Waals surface area contributed by atoms with Crippen molar-refractivity contribution in [2.24, 2.45) is 0 Å². The summed E-state index contributed by atoms with van der Waals surface area (Å²) in [7, 11) is 0. The Balaban J connectivity index is 2.35. The molecule has 1 aromatic rings. The lowest BCUT2D eigenvalue weighted by molar-refractivity contribution is -0.157. The second-order valence-electron chi connectivity index (χ2n) is 8.21. The molecule has 0 saturated heterocycles. The van der Waals surface area contributed by atoms with E-state index in [4.69, 9.17) is 9.47 Å². The predicted molar refractivity (Wildman–Crippen MR) is 101 cm³/mol. The van der Waals surface area contributed by atoms with Gasteiger partial charge >= 0.3 is 12.1 Å². The maximum Gasteiger partial charge on any atom is 0.414 e. The molecule has 1 aliphatic rings. The van der Waals surface area contributed by atoms with E-state index in [0.29, 0.717) is 18.7 Å². The zero-order valence-electron chi connectivity index (χ0n) is 15.7. The van der Waals surface area contributed by atoms with Crippen LogP contribution in [0.2, 0.25) is 0 Å². The fourth-order valence-corrected chi connectivity index (χ4v) is 3.09. The monoisotopic (exact) mass is 411 g/mol. The highest BCUT2D eigenvalue weighted by atomic mass is 79.9. The van der Waals surface area contributed by atoms with Crippen molar-refractivity contribution < 1.29 is 19.1 Å². The van der Waals surface area contributed by atoms with E-state index in [2.05, 4.69) is 15.9 Å². The summed E-state index contributed by atoms with van der Waals surface area (Å²) in [4.78, 5) is 26.8. The smallest absolute Gasteiger partial charge is 0.414 e. The molecule has 0 aliphatic carbocycles. The zero-order chi connectivity index (χ0) is 19.0. The van der Waals surface area contributed by atoms with Crippen LogP contribution in [0.1, 0.15) is 59.4 Å². The molecule has 1 unspecified atom stereocenters. The van der Waals surface area contributed by atoms with Crippen molar-refractivity contribution >= 4 is 33.7 Å². The highest BCUT2D eigenvalue weighted by Gasteiger charge is 2.36. The summed E-state index contributed by atoms with van der Waals surface area (Å²) in [5, 5.41) is 0. The Morgan fingerprint density at radius 3 is 2.24 bits per heavy atom. The van der Waals surface area contributed by atoms with Gasteiger partial charge in [0.25, 0.3) is 0 Å². The number of hydrogen-bond donors (Lipinski definition) is 0. The maximum atomic E-state index is 12.6. The Bertz CT molecular complexity index is 673.